The maximum Gasteiger partial charge on any atom is 0.164 e. The average molecular weight is 586 g/mol. The minimum atomic E-state index is 0.0627. The van der Waals surface area contributed by atoms with Crippen molar-refractivity contribution in [2.75, 3.05) is 0 Å². The second-order valence-electron chi connectivity index (χ2n) is 13.3. The zero-order valence-electron chi connectivity index (χ0n) is 25.7. The Hall–Kier alpha value is -5.13. The average Bonchev–Trinajstić information content (AvgIpc) is 3.07. The summed E-state index contributed by atoms with van der Waals surface area (Å²) in [5.41, 5.74) is 6.93. The van der Waals surface area contributed by atoms with E-state index in [4.69, 9.17) is 15.0 Å². The first-order valence-electron chi connectivity index (χ1n) is 15.9. The van der Waals surface area contributed by atoms with Gasteiger partial charge < -0.3 is 0 Å². The number of hydrogen-bond acceptors (Lipinski definition) is 5. The van der Waals surface area contributed by atoms with Crippen LogP contribution in [0.5, 0.6) is 0 Å². The summed E-state index contributed by atoms with van der Waals surface area (Å²) in [7, 11) is 0. The molecule has 5 heteroatoms. The highest BCUT2D eigenvalue weighted by Crippen LogP contribution is 2.54. The largest absolute Gasteiger partial charge is 0.208 e. The van der Waals surface area contributed by atoms with Gasteiger partial charge in [-0.2, -0.15) is 10.5 Å². The molecule has 2 aliphatic carbocycles. The second kappa shape index (κ2) is 11.8. The molecule has 0 radical (unpaired) electrons. The van der Waals surface area contributed by atoms with Gasteiger partial charge in [-0.3, -0.25) is 0 Å². The van der Waals surface area contributed by atoms with Crippen LogP contribution in [0.3, 0.4) is 0 Å². The van der Waals surface area contributed by atoms with Crippen molar-refractivity contribution in [3.63, 3.8) is 0 Å². The fourth-order valence-electron chi connectivity index (χ4n) is 8.15. The van der Waals surface area contributed by atoms with Crippen LogP contribution in [0.15, 0.2) is 97.1 Å². The Kier molecular flexibility index (Phi) is 7.48. The summed E-state index contributed by atoms with van der Waals surface area (Å²) in [4.78, 5) is 15.0. The molecule has 1 heterocycles. The second-order valence-corrected chi connectivity index (χ2v) is 13.3. The van der Waals surface area contributed by atoms with Crippen molar-refractivity contribution in [2.45, 2.75) is 51.4 Å². The van der Waals surface area contributed by atoms with Crippen LogP contribution in [0.4, 0.5) is 0 Å². The molecule has 4 aromatic carbocycles. The molecule has 0 aliphatic heterocycles. The predicted octanol–water partition coefficient (Wildman–Crippen LogP) is 9.39. The first-order valence-corrected chi connectivity index (χ1v) is 15.9. The van der Waals surface area contributed by atoms with E-state index in [1.54, 1.807) is 6.07 Å². The highest BCUT2D eigenvalue weighted by Gasteiger charge is 2.45. The normalized spacial score (nSPS) is 22.3. The summed E-state index contributed by atoms with van der Waals surface area (Å²) >= 11 is 0. The number of nitrogens with zero attached hydrogens (tertiary/aromatic N) is 5. The van der Waals surface area contributed by atoms with E-state index in [1.807, 2.05) is 72.8 Å². The van der Waals surface area contributed by atoms with E-state index in [9.17, 15) is 10.5 Å². The van der Waals surface area contributed by atoms with Crippen molar-refractivity contribution in [2.24, 2.45) is 17.8 Å². The lowest BCUT2D eigenvalue weighted by Gasteiger charge is -2.50. The number of rotatable bonds is 5. The summed E-state index contributed by atoms with van der Waals surface area (Å²) in [5, 5.41) is 19.6. The van der Waals surface area contributed by atoms with Gasteiger partial charge in [0, 0.05) is 16.7 Å². The van der Waals surface area contributed by atoms with E-state index < -0.39 is 0 Å². The van der Waals surface area contributed by atoms with Crippen LogP contribution in [0, 0.1) is 40.4 Å². The quantitative estimate of drug-likeness (QED) is 0.205. The molecule has 0 saturated heterocycles. The molecule has 2 saturated carbocycles. The Balaban J connectivity index is 1.47. The van der Waals surface area contributed by atoms with Gasteiger partial charge in [0.25, 0.3) is 0 Å². The van der Waals surface area contributed by atoms with Crippen LogP contribution in [-0.2, 0) is 5.41 Å². The van der Waals surface area contributed by atoms with Crippen LogP contribution >= 0.6 is 0 Å². The molecule has 2 unspecified atom stereocenters. The summed E-state index contributed by atoms with van der Waals surface area (Å²) in [6.45, 7) is 4.81. The third-order valence-corrected chi connectivity index (χ3v) is 9.66. The first-order chi connectivity index (χ1) is 21.9. The fourth-order valence-corrected chi connectivity index (χ4v) is 8.15. The zero-order valence-corrected chi connectivity index (χ0v) is 25.7. The van der Waals surface area contributed by atoms with Gasteiger partial charge in [0.1, 0.15) is 0 Å². The van der Waals surface area contributed by atoms with Crippen molar-refractivity contribution in [1.29, 1.82) is 10.5 Å². The van der Waals surface area contributed by atoms with Crippen LogP contribution in [0.1, 0.15) is 62.6 Å². The summed E-state index contributed by atoms with van der Waals surface area (Å²) in [6, 6.07) is 36.7. The maximum atomic E-state index is 9.79. The molecule has 1 aromatic heterocycles. The maximum absolute atomic E-state index is 9.79. The molecule has 2 bridgehead atoms. The van der Waals surface area contributed by atoms with Gasteiger partial charge in [-0.1, -0.05) is 80.6 Å². The minimum Gasteiger partial charge on any atom is -0.208 e. The Morgan fingerprint density at radius 3 is 1.53 bits per heavy atom. The molecule has 45 heavy (non-hydrogen) atoms. The van der Waals surface area contributed by atoms with Gasteiger partial charge in [-0.15, -0.1) is 0 Å². The smallest absolute Gasteiger partial charge is 0.164 e. The van der Waals surface area contributed by atoms with E-state index in [-0.39, 0.29) is 5.41 Å². The lowest BCUT2D eigenvalue weighted by molar-refractivity contribution is 0.0781. The summed E-state index contributed by atoms with van der Waals surface area (Å²) < 4.78 is 0. The molecule has 7 rings (SSSR count). The first kappa shape index (κ1) is 28.6. The molecule has 2 aliphatic rings. The minimum absolute atomic E-state index is 0.0627. The summed E-state index contributed by atoms with van der Waals surface area (Å²) in [6.07, 6.45) is 6.08. The van der Waals surface area contributed by atoms with Gasteiger partial charge in [0.2, 0.25) is 0 Å². The molecule has 5 nitrogen and oxygen atoms in total. The van der Waals surface area contributed by atoms with E-state index in [0.717, 1.165) is 46.6 Å². The highest BCUT2D eigenvalue weighted by molar-refractivity contribution is 5.75. The van der Waals surface area contributed by atoms with Gasteiger partial charge in [0.05, 0.1) is 23.3 Å². The summed E-state index contributed by atoms with van der Waals surface area (Å²) in [5.74, 6) is 3.90. The Bertz CT molecular complexity index is 1840. The lowest BCUT2D eigenvalue weighted by atomic mass is 9.54. The van der Waals surface area contributed by atoms with Crippen LogP contribution in [0.25, 0.3) is 45.3 Å². The number of hydrogen-bond donors (Lipinski definition) is 0. The number of aromatic nitrogens is 3. The SMILES string of the molecule is C[C@@H]1CC2C[C@H](C)CC(c3cc(-c4cc(C#N)cc(C#N)c4)cc(-c4nc(-c5ccccc5)nc(-c5ccccc5)n4)c3)(C2)C1. The Labute approximate surface area is 265 Å². The third-order valence-electron chi connectivity index (χ3n) is 9.66. The molecular formula is C40H35N5. The molecule has 5 aromatic rings. The topological polar surface area (TPSA) is 86.2 Å². The molecule has 0 spiro atoms. The van der Waals surface area contributed by atoms with Crippen molar-refractivity contribution in [3.8, 4) is 57.4 Å². The van der Waals surface area contributed by atoms with Gasteiger partial charge >= 0.3 is 0 Å². The molecule has 0 amide bonds. The van der Waals surface area contributed by atoms with E-state index in [1.165, 1.54) is 24.8 Å². The molecule has 4 atom stereocenters. The van der Waals surface area contributed by atoms with Crippen molar-refractivity contribution < 1.29 is 0 Å². The lowest BCUT2D eigenvalue weighted by Crippen LogP contribution is -2.42. The highest BCUT2D eigenvalue weighted by atomic mass is 15.0. The van der Waals surface area contributed by atoms with Gasteiger partial charge in [-0.25, -0.2) is 15.0 Å². The van der Waals surface area contributed by atoms with E-state index >= 15 is 0 Å². The van der Waals surface area contributed by atoms with Crippen molar-refractivity contribution in [1.82, 2.24) is 15.0 Å². The van der Waals surface area contributed by atoms with E-state index in [2.05, 4.69) is 44.2 Å². The molecule has 2 fully saturated rings. The predicted molar refractivity (Wildman–Crippen MR) is 178 cm³/mol. The third kappa shape index (κ3) is 5.75. The molecule has 220 valence electrons. The van der Waals surface area contributed by atoms with E-state index in [0.29, 0.717) is 40.4 Å². The molecule has 0 N–H and O–H groups in total. The standard InChI is InChI=1S/C40H35N5/c1-26-13-28-14-27(2)22-40(21-26,23-28)36-19-34(33-16-29(24-41)15-30(17-33)25-42)18-35(20-36)39-44-37(31-9-5-3-6-10-31)43-38(45-39)32-11-7-4-8-12-32/h3-12,15-20,26-28H,13-14,21-23H2,1-2H3/t26-,27+,28?,40?. The number of fused-ring (bicyclic) bond motifs is 2. The fraction of sp³-hybridized carbons (Fsp3) is 0.275. The van der Waals surface area contributed by atoms with Crippen LogP contribution < -0.4 is 0 Å². The number of nitriles is 2. The monoisotopic (exact) mass is 585 g/mol. The van der Waals surface area contributed by atoms with Gasteiger partial charge in [-0.05, 0) is 102 Å². The van der Waals surface area contributed by atoms with Crippen molar-refractivity contribution >= 4 is 0 Å². The Morgan fingerprint density at radius 2 is 1.02 bits per heavy atom. The number of benzene rings is 4. The Morgan fingerprint density at radius 1 is 0.556 bits per heavy atom. The van der Waals surface area contributed by atoms with Crippen LogP contribution in [0.2, 0.25) is 0 Å². The molecular weight excluding hydrogens is 550 g/mol. The van der Waals surface area contributed by atoms with Gasteiger partial charge in [0.15, 0.2) is 17.5 Å². The van der Waals surface area contributed by atoms with Crippen LogP contribution in [-0.4, -0.2) is 15.0 Å². The zero-order chi connectivity index (χ0) is 31.0. The van der Waals surface area contributed by atoms with Crippen molar-refractivity contribution in [3.05, 3.63) is 114 Å².